The molecule has 0 saturated carbocycles. The van der Waals surface area contributed by atoms with Gasteiger partial charge in [0.05, 0.1) is 11.7 Å². The minimum Gasteiger partial charge on any atom is -0.308 e. The number of nitrogens with one attached hydrogen (secondary N) is 1. The van der Waals surface area contributed by atoms with Crippen LogP contribution in [0.25, 0.3) is 11.3 Å². The van der Waals surface area contributed by atoms with E-state index < -0.39 is 0 Å². The van der Waals surface area contributed by atoms with Gasteiger partial charge in [0.15, 0.2) is 0 Å². The van der Waals surface area contributed by atoms with E-state index in [-0.39, 0.29) is 0 Å². The van der Waals surface area contributed by atoms with Gasteiger partial charge in [0, 0.05) is 10.9 Å². The molecule has 2 aromatic rings. The molecule has 0 spiro atoms. The number of nitrogens with zero attached hydrogens (tertiary/aromatic N) is 1. The van der Waals surface area contributed by atoms with Crippen molar-refractivity contribution < 1.29 is 0 Å². The smallest absolute Gasteiger partial charge is 0.110 e. The van der Waals surface area contributed by atoms with Crippen LogP contribution < -0.4 is 5.32 Å². The normalized spacial score (nSPS) is 12.6. The van der Waals surface area contributed by atoms with Crippen LogP contribution in [-0.4, -0.2) is 11.5 Å². The Bertz CT molecular complexity index is 436. The number of hydrogen-bond donors (Lipinski definition) is 1. The van der Waals surface area contributed by atoms with Crippen LogP contribution in [0.1, 0.15) is 24.9 Å². The molecule has 1 unspecified atom stereocenters. The summed E-state index contributed by atoms with van der Waals surface area (Å²) in [6.45, 7) is 5.24. The number of aromatic nitrogens is 1. The van der Waals surface area contributed by atoms with Crippen molar-refractivity contribution in [2.75, 3.05) is 6.54 Å². The molecule has 0 amide bonds. The van der Waals surface area contributed by atoms with Crippen LogP contribution in [0.3, 0.4) is 0 Å². The first kappa shape index (κ1) is 11.3. The molecule has 0 aliphatic rings. The van der Waals surface area contributed by atoms with Crippen molar-refractivity contribution in [3.05, 3.63) is 40.7 Å². The lowest BCUT2D eigenvalue weighted by molar-refractivity contribution is 0.595. The topological polar surface area (TPSA) is 24.9 Å². The molecule has 0 fully saturated rings. The average Bonchev–Trinajstić information content (AvgIpc) is 2.80. The van der Waals surface area contributed by atoms with Gasteiger partial charge in [0.2, 0.25) is 0 Å². The zero-order valence-corrected chi connectivity index (χ0v) is 10.4. The van der Waals surface area contributed by atoms with E-state index in [1.165, 1.54) is 5.56 Å². The fourth-order valence-corrected chi connectivity index (χ4v) is 2.48. The lowest BCUT2D eigenvalue weighted by Crippen LogP contribution is -2.17. The summed E-state index contributed by atoms with van der Waals surface area (Å²) < 4.78 is 0. The summed E-state index contributed by atoms with van der Waals surface area (Å²) in [5.74, 6) is 0. The van der Waals surface area contributed by atoms with E-state index in [1.807, 2.05) is 18.2 Å². The summed E-state index contributed by atoms with van der Waals surface area (Å²) in [5.41, 5.74) is 2.26. The molecule has 0 radical (unpaired) electrons. The van der Waals surface area contributed by atoms with Gasteiger partial charge in [-0.2, -0.15) is 0 Å². The van der Waals surface area contributed by atoms with Gasteiger partial charge in [-0.05, 0) is 13.5 Å². The highest BCUT2D eigenvalue weighted by Gasteiger charge is 2.09. The Hall–Kier alpha value is -1.19. The van der Waals surface area contributed by atoms with E-state index in [1.54, 1.807) is 11.3 Å². The summed E-state index contributed by atoms with van der Waals surface area (Å²) in [7, 11) is 0. The SMILES string of the molecule is CCNC(C)c1nc(-c2ccccc2)cs1. The highest BCUT2D eigenvalue weighted by atomic mass is 32.1. The molecule has 0 bridgehead atoms. The number of thiazole rings is 1. The molecule has 2 nitrogen and oxygen atoms in total. The maximum atomic E-state index is 4.66. The van der Waals surface area contributed by atoms with Gasteiger partial charge in [-0.15, -0.1) is 11.3 Å². The Kier molecular flexibility index (Phi) is 3.70. The second kappa shape index (κ2) is 5.23. The molecule has 2 rings (SSSR count). The van der Waals surface area contributed by atoms with E-state index in [0.717, 1.165) is 17.2 Å². The number of rotatable bonds is 4. The van der Waals surface area contributed by atoms with Crippen LogP contribution in [0.4, 0.5) is 0 Å². The Labute approximate surface area is 100 Å². The third-order valence-corrected chi connectivity index (χ3v) is 3.50. The Morgan fingerprint density at radius 2 is 2.06 bits per heavy atom. The minimum absolute atomic E-state index is 0.340. The molecule has 84 valence electrons. The molecule has 1 heterocycles. The quantitative estimate of drug-likeness (QED) is 0.873. The van der Waals surface area contributed by atoms with Crippen LogP contribution in [0.5, 0.6) is 0 Å². The zero-order chi connectivity index (χ0) is 11.4. The van der Waals surface area contributed by atoms with E-state index >= 15 is 0 Å². The fraction of sp³-hybridized carbons (Fsp3) is 0.308. The second-order valence-electron chi connectivity index (χ2n) is 3.72. The van der Waals surface area contributed by atoms with Crippen LogP contribution >= 0.6 is 11.3 Å². The van der Waals surface area contributed by atoms with E-state index in [0.29, 0.717) is 6.04 Å². The Morgan fingerprint density at radius 3 is 2.75 bits per heavy atom. The highest BCUT2D eigenvalue weighted by Crippen LogP contribution is 2.24. The lowest BCUT2D eigenvalue weighted by atomic mass is 10.2. The summed E-state index contributed by atoms with van der Waals surface area (Å²) in [6.07, 6.45) is 0. The number of hydrogen-bond acceptors (Lipinski definition) is 3. The summed E-state index contributed by atoms with van der Waals surface area (Å²) in [5, 5.41) is 6.65. The Balaban J connectivity index is 2.20. The predicted octanol–water partition coefficient (Wildman–Crippen LogP) is 3.48. The highest BCUT2D eigenvalue weighted by molar-refractivity contribution is 7.10. The standard InChI is InChI=1S/C13H16N2S/c1-3-14-10(2)13-15-12(9-16-13)11-7-5-4-6-8-11/h4-10,14H,3H2,1-2H3. The van der Waals surface area contributed by atoms with Crippen molar-refractivity contribution in [3.8, 4) is 11.3 Å². The molecule has 16 heavy (non-hydrogen) atoms. The van der Waals surface area contributed by atoms with Crippen molar-refractivity contribution in [1.29, 1.82) is 0 Å². The average molecular weight is 232 g/mol. The molecule has 1 aromatic carbocycles. The van der Waals surface area contributed by atoms with Crippen molar-refractivity contribution in [1.82, 2.24) is 10.3 Å². The van der Waals surface area contributed by atoms with Crippen molar-refractivity contribution >= 4 is 11.3 Å². The van der Waals surface area contributed by atoms with Gasteiger partial charge in [-0.25, -0.2) is 4.98 Å². The van der Waals surface area contributed by atoms with Crippen LogP contribution in [-0.2, 0) is 0 Å². The Morgan fingerprint density at radius 1 is 1.31 bits per heavy atom. The lowest BCUT2D eigenvalue weighted by Gasteiger charge is -2.07. The largest absolute Gasteiger partial charge is 0.308 e. The van der Waals surface area contributed by atoms with Gasteiger partial charge in [0.25, 0.3) is 0 Å². The van der Waals surface area contributed by atoms with Gasteiger partial charge < -0.3 is 5.32 Å². The first-order valence-electron chi connectivity index (χ1n) is 5.55. The van der Waals surface area contributed by atoms with Gasteiger partial charge in [-0.3, -0.25) is 0 Å². The fourth-order valence-electron chi connectivity index (χ4n) is 1.62. The molecule has 0 saturated heterocycles. The van der Waals surface area contributed by atoms with Crippen molar-refractivity contribution in [3.63, 3.8) is 0 Å². The van der Waals surface area contributed by atoms with Crippen molar-refractivity contribution in [2.24, 2.45) is 0 Å². The van der Waals surface area contributed by atoms with Gasteiger partial charge in [0.1, 0.15) is 5.01 Å². The van der Waals surface area contributed by atoms with Gasteiger partial charge >= 0.3 is 0 Å². The summed E-state index contributed by atoms with van der Waals surface area (Å²) in [4.78, 5) is 4.66. The van der Waals surface area contributed by atoms with Crippen LogP contribution in [0.2, 0.25) is 0 Å². The van der Waals surface area contributed by atoms with E-state index in [9.17, 15) is 0 Å². The maximum absolute atomic E-state index is 4.66. The molecule has 1 atom stereocenters. The molecular formula is C13H16N2S. The molecule has 1 N–H and O–H groups in total. The van der Waals surface area contributed by atoms with Gasteiger partial charge in [-0.1, -0.05) is 37.3 Å². The second-order valence-corrected chi connectivity index (χ2v) is 4.61. The van der Waals surface area contributed by atoms with Crippen LogP contribution in [0.15, 0.2) is 35.7 Å². The summed E-state index contributed by atoms with van der Waals surface area (Å²) in [6, 6.07) is 10.6. The first-order chi connectivity index (χ1) is 7.81. The van der Waals surface area contributed by atoms with Crippen LogP contribution in [0, 0.1) is 0 Å². The predicted molar refractivity (Wildman–Crippen MR) is 69.6 cm³/mol. The third kappa shape index (κ3) is 2.49. The third-order valence-electron chi connectivity index (χ3n) is 2.47. The molecule has 3 heteroatoms. The molecular weight excluding hydrogens is 216 g/mol. The zero-order valence-electron chi connectivity index (χ0n) is 9.60. The first-order valence-corrected chi connectivity index (χ1v) is 6.43. The maximum Gasteiger partial charge on any atom is 0.110 e. The monoisotopic (exact) mass is 232 g/mol. The van der Waals surface area contributed by atoms with E-state index in [2.05, 4.69) is 41.7 Å². The minimum atomic E-state index is 0.340. The molecule has 0 aliphatic carbocycles. The molecule has 0 aliphatic heterocycles. The molecule has 1 aromatic heterocycles. The number of benzene rings is 1. The van der Waals surface area contributed by atoms with Crippen molar-refractivity contribution in [2.45, 2.75) is 19.9 Å². The van der Waals surface area contributed by atoms with E-state index in [4.69, 9.17) is 0 Å². The summed E-state index contributed by atoms with van der Waals surface area (Å²) >= 11 is 1.72.